The number of aromatic nitrogens is 2. The zero-order chi connectivity index (χ0) is 10.7. The normalized spacial score (nSPS) is 9.93. The lowest BCUT2D eigenvalue weighted by Gasteiger charge is -2.04. The molecule has 0 N–H and O–H groups in total. The highest BCUT2D eigenvalue weighted by Crippen LogP contribution is 2.14. The summed E-state index contributed by atoms with van der Waals surface area (Å²) in [5.74, 6) is -0.509. The molecule has 0 unspecified atom stereocenters. The monoisotopic (exact) mass is 236 g/mol. The van der Waals surface area contributed by atoms with Gasteiger partial charge in [0.15, 0.2) is 6.73 Å². The molecule has 0 atom stereocenters. The van der Waals surface area contributed by atoms with Crippen molar-refractivity contribution in [1.82, 2.24) is 9.78 Å². The minimum absolute atomic E-state index is 0.0655. The van der Waals surface area contributed by atoms with E-state index in [9.17, 15) is 9.59 Å². The third kappa shape index (κ3) is 2.46. The Hall–Kier alpha value is -1.07. The highest BCUT2D eigenvalue weighted by atomic mass is 35.5. The number of ether oxygens (including phenoxy) is 1. The van der Waals surface area contributed by atoms with Crippen molar-refractivity contribution in [2.75, 3.05) is 0 Å². The topological polar surface area (TPSA) is 61.2 Å². The van der Waals surface area contributed by atoms with Crippen LogP contribution in [-0.2, 0) is 16.3 Å². The number of hydrogen-bond acceptors (Lipinski definition) is 4. The fraction of sp³-hybridized carbons (Fsp3) is 0.286. The fourth-order valence-electron chi connectivity index (χ4n) is 0.689. The molecule has 0 bridgehead atoms. The number of carbonyl (C=O) groups is 1. The molecule has 1 heterocycles. The predicted octanol–water partition coefficient (Wildman–Crippen LogP) is 1.07. The van der Waals surface area contributed by atoms with Crippen molar-refractivity contribution in [3.63, 3.8) is 0 Å². The maximum Gasteiger partial charge on any atom is 0.304 e. The first-order valence-corrected chi connectivity index (χ1v) is 4.32. The van der Waals surface area contributed by atoms with E-state index in [2.05, 4.69) is 9.84 Å². The minimum Gasteiger partial charge on any atom is -0.442 e. The van der Waals surface area contributed by atoms with Crippen LogP contribution in [0.15, 0.2) is 11.0 Å². The van der Waals surface area contributed by atoms with E-state index in [0.29, 0.717) is 0 Å². The maximum atomic E-state index is 11.3. The van der Waals surface area contributed by atoms with Gasteiger partial charge < -0.3 is 4.74 Å². The predicted molar refractivity (Wildman–Crippen MR) is 50.3 cm³/mol. The first kappa shape index (κ1) is 11.0. The van der Waals surface area contributed by atoms with Crippen LogP contribution in [0.4, 0.5) is 0 Å². The number of hydrogen-bond donors (Lipinski definition) is 0. The summed E-state index contributed by atoms with van der Waals surface area (Å²) in [5.41, 5.74) is -0.597. The van der Waals surface area contributed by atoms with Gasteiger partial charge in [-0.1, -0.05) is 23.2 Å². The molecule has 0 amide bonds. The van der Waals surface area contributed by atoms with E-state index < -0.39 is 11.5 Å². The van der Waals surface area contributed by atoms with Crippen LogP contribution >= 0.6 is 23.2 Å². The Morgan fingerprint density at radius 3 is 2.86 bits per heavy atom. The van der Waals surface area contributed by atoms with Gasteiger partial charge >= 0.3 is 5.97 Å². The molecule has 0 aliphatic heterocycles. The second-order valence-electron chi connectivity index (χ2n) is 2.38. The molecule has 0 aromatic carbocycles. The van der Waals surface area contributed by atoms with Crippen LogP contribution in [0.3, 0.4) is 0 Å². The fourth-order valence-corrected chi connectivity index (χ4v) is 0.960. The molecule has 5 nitrogen and oxygen atoms in total. The Morgan fingerprint density at radius 2 is 2.29 bits per heavy atom. The smallest absolute Gasteiger partial charge is 0.304 e. The summed E-state index contributed by atoms with van der Waals surface area (Å²) in [6.45, 7) is 0.952. The van der Waals surface area contributed by atoms with E-state index in [1.54, 1.807) is 0 Å². The Balaban J connectivity index is 2.95. The Kier molecular flexibility index (Phi) is 3.49. The summed E-state index contributed by atoms with van der Waals surface area (Å²) in [7, 11) is 0. The quantitative estimate of drug-likeness (QED) is 0.721. The molecule has 1 aromatic rings. The highest BCUT2D eigenvalue weighted by Gasteiger charge is 2.07. The van der Waals surface area contributed by atoms with Gasteiger partial charge in [-0.15, -0.1) is 0 Å². The van der Waals surface area contributed by atoms with Crippen LogP contribution in [0, 0.1) is 0 Å². The standard InChI is InChI=1S/C7H6Cl2N2O3/c1-4(12)14-3-11-7(13)6(9)5(8)2-10-11/h2H,3H2,1H3. The van der Waals surface area contributed by atoms with E-state index in [1.807, 2.05) is 0 Å². The first-order valence-electron chi connectivity index (χ1n) is 3.57. The Morgan fingerprint density at radius 1 is 1.64 bits per heavy atom. The molecule has 0 saturated heterocycles. The van der Waals surface area contributed by atoms with E-state index in [0.717, 1.165) is 4.68 Å². The second kappa shape index (κ2) is 4.43. The lowest BCUT2D eigenvalue weighted by molar-refractivity contribution is -0.145. The van der Waals surface area contributed by atoms with Crippen molar-refractivity contribution in [3.8, 4) is 0 Å². The molecule has 0 radical (unpaired) electrons. The van der Waals surface area contributed by atoms with Gasteiger partial charge in [0, 0.05) is 6.92 Å². The van der Waals surface area contributed by atoms with Crippen LogP contribution < -0.4 is 5.56 Å². The molecule has 76 valence electrons. The van der Waals surface area contributed by atoms with Crippen molar-refractivity contribution in [3.05, 3.63) is 26.6 Å². The number of halogens is 2. The van der Waals surface area contributed by atoms with Gasteiger partial charge in [0.25, 0.3) is 5.56 Å². The summed E-state index contributed by atoms with van der Waals surface area (Å²) in [6.07, 6.45) is 1.20. The van der Waals surface area contributed by atoms with Crippen molar-refractivity contribution in [2.24, 2.45) is 0 Å². The molecule has 7 heteroatoms. The van der Waals surface area contributed by atoms with Crippen molar-refractivity contribution < 1.29 is 9.53 Å². The summed E-state index contributed by atoms with van der Waals surface area (Å²) in [4.78, 5) is 21.8. The Labute approximate surface area is 89.2 Å². The number of carbonyl (C=O) groups excluding carboxylic acids is 1. The molecule has 1 rings (SSSR count). The molecule has 0 spiro atoms. The van der Waals surface area contributed by atoms with Crippen LogP contribution in [0.5, 0.6) is 0 Å². The van der Waals surface area contributed by atoms with Crippen molar-refractivity contribution >= 4 is 29.2 Å². The molecular formula is C7H6Cl2N2O3. The molecule has 0 fully saturated rings. The Bertz CT molecular complexity index is 416. The number of esters is 1. The first-order chi connectivity index (χ1) is 6.52. The summed E-state index contributed by atoms with van der Waals surface area (Å²) < 4.78 is 5.46. The van der Waals surface area contributed by atoms with Gasteiger partial charge in [-0.25, -0.2) is 0 Å². The summed E-state index contributed by atoms with van der Waals surface area (Å²) in [5, 5.41) is 3.54. The molecule has 14 heavy (non-hydrogen) atoms. The average molecular weight is 237 g/mol. The summed E-state index contributed by atoms with van der Waals surface area (Å²) >= 11 is 11.1. The van der Waals surface area contributed by atoms with Gasteiger partial charge in [0.05, 0.1) is 11.2 Å². The minimum atomic E-state index is -0.597. The third-order valence-corrected chi connectivity index (χ3v) is 2.08. The van der Waals surface area contributed by atoms with E-state index in [-0.39, 0.29) is 16.8 Å². The van der Waals surface area contributed by atoms with Crippen LogP contribution in [0.25, 0.3) is 0 Å². The van der Waals surface area contributed by atoms with Gasteiger partial charge in [0.2, 0.25) is 0 Å². The SMILES string of the molecule is CC(=O)OCn1ncc(Cl)c(Cl)c1=O. The zero-order valence-corrected chi connectivity index (χ0v) is 8.67. The molecule has 0 saturated carbocycles. The zero-order valence-electron chi connectivity index (χ0n) is 7.16. The molecule has 1 aromatic heterocycles. The molecule has 0 aliphatic rings. The van der Waals surface area contributed by atoms with Gasteiger partial charge in [-0.2, -0.15) is 9.78 Å². The van der Waals surface area contributed by atoms with Crippen molar-refractivity contribution in [2.45, 2.75) is 13.7 Å². The lowest BCUT2D eigenvalue weighted by atomic mass is 10.6. The lowest BCUT2D eigenvalue weighted by Crippen LogP contribution is -2.25. The maximum absolute atomic E-state index is 11.3. The van der Waals surface area contributed by atoms with Gasteiger partial charge in [-0.05, 0) is 0 Å². The third-order valence-electron chi connectivity index (χ3n) is 1.33. The number of nitrogens with zero attached hydrogens (tertiary/aromatic N) is 2. The van der Waals surface area contributed by atoms with E-state index >= 15 is 0 Å². The molecule has 0 aliphatic carbocycles. The van der Waals surface area contributed by atoms with E-state index in [4.69, 9.17) is 23.2 Å². The van der Waals surface area contributed by atoms with Crippen LogP contribution in [0.2, 0.25) is 10.0 Å². The highest BCUT2D eigenvalue weighted by molar-refractivity contribution is 6.41. The average Bonchev–Trinajstić information content (AvgIpc) is 2.13. The summed E-state index contributed by atoms with van der Waals surface area (Å²) in [6, 6.07) is 0. The molecular weight excluding hydrogens is 231 g/mol. The van der Waals surface area contributed by atoms with Gasteiger partial charge in [-0.3, -0.25) is 9.59 Å². The van der Waals surface area contributed by atoms with Gasteiger partial charge in [0.1, 0.15) is 5.02 Å². The van der Waals surface area contributed by atoms with Crippen LogP contribution in [0.1, 0.15) is 6.92 Å². The van der Waals surface area contributed by atoms with E-state index in [1.165, 1.54) is 13.1 Å². The van der Waals surface area contributed by atoms with Crippen LogP contribution in [-0.4, -0.2) is 15.7 Å². The van der Waals surface area contributed by atoms with Crippen molar-refractivity contribution in [1.29, 1.82) is 0 Å². The second-order valence-corrected chi connectivity index (χ2v) is 3.16. The largest absolute Gasteiger partial charge is 0.442 e. The number of rotatable bonds is 2.